The number of aliphatic carboxylic acids is 1. The molecule has 78 valence electrons. The predicted octanol–water partition coefficient (Wildman–Crippen LogP) is 0.820. The molecule has 1 heterocycles. The molecule has 0 saturated heterocycles. The number of carbonyl (C=O) groups is 1. The number of anilines is 1. The van der Waals surface area contributed by atoms with Crippen LogP contribution in [0, 0.1) is 0 Å². The first-order valence-electron chi connectivity index (χ1n) is 4.31. The highest BCUT2D eigenvalue weighted by molar-refractivity contribution is 5.90. The zero-order valence-electron chi connectivity index (χ0n) is 7.64. The molecule has 1 aliphatic rings. The fourth-order valence-electron chi connectivity index (χ4n) is 1.53. The van der Waals surface area contributed by atoms with Crippen LogP contribution in [-0.4, -0.2) is 21.3 Å². The van der Waals surface area contributed by atoms with E-state index in [-0.39, 0.29) is 16.9 Å². The number of aromatic hydroxyl groups is 1. The first-order chi connectivity index (χ1) is 7.11. The molecule has 5 heteroatoms. The summed E-state index contributed by atoms with van der Waals surface area (Å²) in [6.45, 7) is 0. The van der Waals surface area contributed by atoms with Crippen molar-refractivity contribution >= 4 is 11.7 Å². The maximum atomic E-state index is 10.7. The first kappa shape index (κ1) is 9.54. The Morgan fingerprint density at radius 1 is 1.40 bits per heavy atom. The minimum atomic E-state index is -1.31. The molecule has 15 heavy (non-hydrogen) atoms. The summed E-state index contributed by atoms with van der Waals surface area (Å²) in [4.78, 5) is 10.7. The van der Waals surface area contributed by atoms with Gasteiger partial charge in [-0.1, -0.05) is 6.07 Å². The molecule has 1 aliphatic heterocycles. The van der Waals surface area contributed by atoms with Gasteiger partial charge >= 0.3 is 5.97 Å². The summed E-state index contributed by atoms with van der Waals surface area (Å²) in [5, 5.41) is 30.7. The quantitative estimate of drug-likeness (QED) is 0.547. The molecule has 0 aromatic heterocycles. The van der Waals surface area contributed by atoms with Gasteiger partial charge in [-0.25, -0.2) is 4.79 Å². The maximum Gasteiger partial charge on any atom is 0.336 e. The van der Waals surface area contributed by atoms with Gasteiger partial charge in [0.2, 0.25) is 0 Å². The highest BCUT2D eigenvalue weighted by Crippen LogP contribution is 2.38. The van der Waals surface area contributed by atoms with Gasteiger partial charge in [0.25, 0.3) is 0 Å². The topological polar surface area (TPSA) is 89.8 Å². The number of aliphatic hydroxyl groups is 1. The van der Waals surface area contributed by atoms with E-state index in [0.717, 1.165) is 0 Å². The van der Waals surface area contributed by atoms with Gasteiger partial charge in [0.15, 0.2) is 0 Å². The van der Waals surface area contributed by atoms with E-state index in [9.17, 15) is 15.0 Å². The van der Waals surface area contributed by atoms with E-state index in [1.54, 1.807) is 12.1 Å². The van der Waals surface area contributed by atoms with Gasteiger partial charge in [0, 0.05) is 11.9 Å². The molecule has 0 saturated carbocycles. The van der Waals surface area contributed by atoms with Gasteiger partial charge in [0.05, 0.1) is 11.1 Å². The van der Waals surface area contributed by atoms with E-state index in [4.69, 9.17) is 5.11 Å². The van der Waals surface area contributed by atoms with Gasteiger partial charge in [-0.3, -0.25) is 0 Å². The molecule has 0 radical (unpaired) electrons. The number of rotatable bonds is 1. The van der Waals surface area contributed by atoms with Crippen molar-refractivity contribution in [3.63, 3.8) is 0 Å². The molecule has 1 unspecified atom stereocenters. The number of carboxylic acids is 1. The number of carboxylic acid groups (broad SMARTS) is 1. The molecule has 0 amide bonds. The fraction of sp³-hybridized carbons (Fsp3) is 0.100. The Kier molecular flexibility index (Phi) is 2.09. The van der Waals surface area contributed by atoms with E-state index in [1.807, 2.05) is 0 Å². The van der Waals surface area contributed by atoms with Crippen molar-refractivity contribution in [2.75, 3.05) is 5.32 Å². The lowest BCUT2D eigenvalue weighted by atomic mass is 9.97. The summed E-state index contributed by atoms with van der Waals surface area (Å²) < 4.78 is 0. The van der Waals surface area contributed by atoms with Crippen molar-refractivity contribution in [3.8, 4) is 5.75 Å². The lowest BCUT2D eigenvalue weighted by molar-refractivity contribution is -0.133. The molecule has 1 atom stereocenters. The van der Waals surface area contributed by atoms with Crippen molar-refractivity contribution in [1.82, 2.24) is 0 Å². The van der Waals surface area contributed by atoms with Crippen LogP contribution in [0.3, 0.4) is 0 Å². The average Bonchev–Trinajstić information content (AvgIpc) is 2.17. The van der Waals surface area contributed by atoms with Crippen molar-refractivity contribution in [2.24, 2.45) is 0 Å². The van der Waals surface area contributed by atoms with Crippen LogP contribution in [0.2, 0.25) is 0 Å². The minimum absolute atomic E-state index is 0.126. The van der Waals surface area contributed by atoms with Crippen LogP contribution in [0.4, 0.5) is 5.69 Å². The summed E-state index contributed by atoms with van der Waals surface area (Å²) in [5.41, 5.74) is 0.508. The number of phenols is 1. The Labute approximate surface area is 85.3 Å². The minimum Gasteiger partial charge on any atom is -0.507 e. The van der Waals surface area contributed by atoms with E-state index in [1.165, 1.54) is 12.3 Å². The maximum absolute atomic E-state index is 10.7. The van der Waals surface area contributed by atoms with Crippen LogP contribution >= 0.6 is 0 Å². The Bertz CT molecular complexity index is 453. The smallest absolute Gasteiger partial charge is 0.336 e. The molecular formula is C10H9NO4. The second kappa shape index (κ2) is 3.29. The predicted molar refractivity (Wildman–Crippen MR) is 52.4 cm³/mol. The molecule has 2 rings (SSSR count). The first-order valence-corrected chi connectivity index (χ1v) is 4.31. The van der Waals surface area contributed by atoms with Crippen molar-refractivity contribution in [2.45, 2.75) is 6.10 Å². The Balaban J connectivity index is 2.52. The molecule has 5 nitrogen and oxygen atoms in total. The van der Waals surface area contributed by atoms with E-state index in [2.05, 4.69) is 5.32 Å². The van der Waals surface area contributed by atoms with Crippen LogP contribution in [0.25, 0.3) is 0 Å². The van der Waals surface area contributed by atoms with Crippen LogP contribution in [0.5, 0.6) is 5.75 Å². The SMILES string of the molecule is O=C(O)C1=CNc2cccc(O)c2C1O. The second-order valence-electron chi connectivity index (χ2n) is 3.19. The normalized spacial score (nSPS) is 18.7. The number of hydrogen-bond acceptors (Lipinski definition) is 4. The third-order valence-corrected chi connectivity index (χ3v) is 2.28. The van der Waals surface area contributed by atoms with Crippen LogP contribution in [-0.2, 0) is 4.79 Å². The third-order valence-electron chi connectivity index (χ3n) is 2.28. The summed E-state index contributed by atoms with van der Waals surface area (Å²) in [6.07, 6.45) is -0.0886. The molecule has 0 fully saturated rings. The van der Waals surface area contributed by atoms with Gasteiger partial charge in [0.1, 0.15) is 11.9 Å². The zero-order valence-corrected chi connectivity index (χ0v) is 7.64. The summed E-state index contributed by atoms with van der Waals surface area (Å²) in [7, 11) is 0. The van der Waals surface area contributed by atoms with Crippen molar-refractivity contribution < 1.29 is 20.1 Å². The van der Waals surface area contributed by atoms with Gasteiger partial charge < -0.3 is 20.6 Å². The highest BCUT2D eigenvalue weighted by Gasteiger charge is 2.28. The molecule has 1 aromatic carbocycles. The largest absolute Gasteiger partial charge is 0.507 e. The fourth-order valence-corrected chi connectivity index (χ4v) is 1.53. The Hall–Kier alpha value is -2.01. The Morgan fingerprint density at radius 3 is 2.80 bits per heavy atom. The number of nitrogens with one attached hydrogen (secondary N) is 1. The number of fused-ring (bicyclic) bond motifs is 1. The number of hydrogen-bond donors (Lipinski definition) is 4. The van der Waals surface area contributed by atoms with Crippen LogP contribution in [0.1, 0.15) is 11.7 Å². The lowest BCUT2D eigenvalue weighted by Crippen LogP contribution is -2.17. The molecule has 0 spiro atoms. The molecule has 4 N–H and O–H groups in total. The summed E-state index contributed by atoms with van der Waals surface area (Å²) >= 11 is 0. The van der Waals surface area contributed by atoms with Crippen LogP contribution in [0.15, 0.2) is 30.0 Å². The molecule has 0 bridgehead atoms. The van der Waals surface area contributed by atoms with Gasteiger partial charge in [-0.15, -0.1) is 0 Å². The van der Waals surface area contributed by atoms with Gasteiger partial charge in [-0.05, 0) is 12.1 Å². The second-order valence-corrected chi connectivity index (χ2v) is 3.19. The van der Waals surface area contributed by atoms with Crippen molar-refractivity contribution in [1.29, 1.82) is 0 Å². The van der Waals surface area contributed by atoms with E-state index >= 15 is 0 Å². The molecule has 0 aliphatic carbocycles. The van der Waals surface area contributed by atoms with Gasteiger partial charge in [-0.2, -0.15) is 0 Å². The molecular weight excluding hydrogens is 198 g/mol. The third kappa shape index (κ3) is 1.42. The lowest BCUT2D eigenvalue weighted by Gasteiger charge is -2.22. The number of benzene rings is 1. The van der Waals surface area contributed by atoms with Crippen LogP contribution < -0.4 is 5.32 Å². The molecule has 1 aromatic rings. The highest BCUT2D eigenvalue weighted by atomic mass is 16.4. The van der Waals surface area contributed by atoms with E-state index < -0.39 is 12.1 Å². The van der Waals surface area contributed by atoms with E-state index in [0.29, 0.717) is 5.69 Å². The number of phenolic OH excluding ortho intramolecular Hbond substituents is 1. The Morgan fingerprint density at radius 2 is 2.13 bits per heavy atom. The summed E-state index contributed by atoms with van der Waals surface area (Å²) in [6, 6.07) is 4.65. The standard InChI is InChI=1S/C10H9NO4/c12-7-3-1-2-6-8(7)9(13)5(4-11-6)10(14)15/h1-4,9,11-13H,(H,14,15). The zero-order chi connectivity index (χ0) is 11.0. The monoisotopic (exact) mass is 207 g/mol. The van der Waals surface area contributed by atoms with Crippen molar-refractivity contribution in [3.05, 3.63) is 35.5 Å². The summed E-state index contributed by atoms with van der Waals surface area (Å²) in [5.74, 6) is -1.34. The number of aliphatic hydroxyl groups excluding tert-OH is 1. The average molecular weight is 207 g/mol.